The third-order valence-corrected chi connectivity index (χ3v) is 15.7. The van der Waals surface area contributed by atoms with Gasteiger partial charge in [0.1, 0.15) is 42.7 Å². The molecule has 4 aliphatic heterocycles. The Balaban J connectivity index is 0.949. The lowest BCUT2D eigenvalue weighted by Gasteiger charge is -2.60. The molecule has 52 heavy (non-hydrogen) atoms. The lowest BCUT2D eigenvalue weighted by Crippen LogP contribution is -2.64. The van der Waals surface area contributed by atoms with Gasteiger partial charge in [0.05, 0.1) is 37.6 Å². The molecule has 0 bridgehead atoms. The van der Waals surface area contributed by atoms with E-state index in [1.54, 1.807) is 6.92 Å². The Bertz CT molecular complexity index is 1340. The molecule has 4 heterocycles. The van der Waals surface area contributed by atoms with Crippen molar-refractivity contribution in [1.29, 1.82) is 0 Å². The number of ether oxygens (including phenoxy) is 6. The molecule has 0 aromatic heterocycles. The van der Waals surface area contributed by atoms with Crippen LogP contribution in [0.25, 0.3) is 0 Å². The number of hydrogen-bond donors (Lipinski definition) is 7. The highest BCUT2D eigenvalue weighted by Crippen LogP contribution is 2.70. The van der Waals surface area contributed by atoms with E-state index in [4.69, 9.17) is 28.4 Å². The summed E-state index contributed by atoms with van der Waals surface area (Å²) in [5.74, 6) is 2.25. The van der Waals surface area contributed by atoms with E-state index in [1.165, 1.54) is 5.57 Å². The van der Waals surface area contributed by atoms with Gasteiger partial charge < -0.3 is 64.2 Å². The standard InChI is InChI=1S/C39H62O13/c1-17-8-11-39(47-16-17)18(2)28-25(52-39)14-24-22-7-6-20-12-21(13-27(41)38(20,5)23(22)9-10-37(24,28)4)49-36-33(46)34(29(42)19(3)48-36)51-35-32(45)31(44)30(43)26(15-40)50-35/h6,17-19,21-36,40-46H,7-16H2,1-5H3/t17-,18+,19+,21-,22-,23+,24+,25+,26-,27-,28+,29+,30-,31+,32-,33-,34-,35+,36+,37+,38+,39-/m1/s1. The van der Waals surface area contributed by atoms with E-state index in [1.807, 2.05) is 0 Å². The number of aliphatic hydroxyl groups is 7. The number of hydrogen-bond acceptors (Lipinski definition) is 13. The molecule has 0 unspecified atom stereocenters. The molecule has 13 heteroatoms. The monoisotopic (exact) mass is 738 g/mol. The summed E-state index contributed by atoms with van der Waals surface area (Å²) in [5.41, 5.74) is 0.945. The molecule has 3 saturated carbocycles. The SMILES string of the molecule is C[C@@H]1CC[C@@]2(OC1)O[C@H]1C[C@H]3[C@@H]4CC=C5C[C@@H](O[C@@H]6O[C@@H](C)[C@H](O)[C@@H](O[C@@H]7O[C@H](CO)[C@@H](O)[C@H](O)[C@H]7O)[C@H]6O)C[C@@H](O)[C@]5(C)[C@H]4CC[C@]3(C)[C@H]1[C@@H]2C. The van der Waals surface area contributed by atoms with Gasteiger partial charge in [0.2, 0.25) is 0 Å². The molecule has 22 atom stereocenters. The van der Waals surface area contributed by atoms with Crippen molar-refractivity contribution in [1.82, 2.24) is 0 Å². The highest BCUT2D eigenvalue weighted by Gasteiger charge is 2.69. The van der Waals surface area contributed by atoms with Crippen LogP contribution in [0.1, 0.15) is 86.0 Å². The highest BCUT2D eigenvalue weighted by atomic mass is 16.7. The maximum atomic E-state index is 12.0. The predicted molar refractivity (Wildman–Crippen MR) is 183 cm³/mol. The minimum absolute atomic E-state index is 0.165. The lowest BCUT2D eigenvalue weighted by atomic mass is 9.46. The Morgan fingerprint density at radius 1 is 0.827 bits per heavy atom. The third kappa shape index (κ3) is 5.74. The van der Waals surface area contributed by atoms with Crippen LogP contribution >= 0.6 is 0 Å². The van der Waals surface area contributed by atoms with Crippen molar-refractivity contribution >= 4 is 0 Å². The summed E-state index contributed by atoms with van der Waals surface area (Å²) >= 11 is 0. The molecule has 0 aromatic rings. The van der Waals surface area contributed by atoms with Crippen LogP contribution in [-0.4, -0.2) is 134 Å². The summed E-state index contributed by atoms with van der Waals surface area (Å²) in [7, 11) is 0. The molecule has 0 amide bonds. The zero-order valence-corrected chi connectivity index (χ0v) is 31.2. The Morgan fingerprint density at radius 2 is 1.58 bits per heavy atom. The van der Waals surface area contributed by atoms with Crippen LogP contribution < -0.4 is 0 Å². The summed E-state index contributed by atoms with van der Waals surface area (Å²) < 4.78 is 37.0. The Morgan fingerprint density at radius 3 is 2.29 bits per heavy atom. The van der Waals surface area contributed by atoms with Crippen molar-refractivity contribution in [3.05, 3.63) is 11.6 Å². The number of rotatable bonds is 5. The van der Waals surface area contributed by atoms with Gasteiger partial charge in [-0.1, -0.05) is 39.3 Å². The minimum atomic E-state index is -1.70. The zero-order valence-electron chi connectivity index (χ0n) is 31.2. The second kappa shape index (κ2) is 13.7. The predicted octanol–water partition coefficient (Wildman–Crippen LogP) is 1.36. The molecule has 8 aliphatic rings. The smallest absolute Gasteiger partial charge is 0.187 e. The average Bonchev–Trinajstić information content (AvgIpc) is 3.56. The van der Waals surface area contributed by atoms with Crippen LogP contribution in [-0.2, 0) is 28.4 Å². The number of fused-ring (bicyclic) bond motifs is 7. The van der Waals surface area contributed by atoms with Crippen LogP contribution in [0.5, 0.6) is 0 Å². The topological polar surface area (TPSA) is 197 Å². The molecule has 4 aliphatic carbocycles. The first kappa shape index (κ1) is 38.1. The van der Waals surface area contributed by atoms with Gasteiger partial charge in [0, 0.05) is 24.2 Å². The minimum Gasteiger partial charge on any atom is -0.394 e. The molecule has 8 rings (SSSR count). The molecule has 296 valence electrons. The van der Waals surface area contributed by atoms with Gasteiger partial charge in [-0.25, -0.2) is 0 Å². The van der Waals surface area contributed by atoms with Crippen molar-refractivity contribution < 1.29 is 64.2 Å². The van der Waals surface area contributed by atoms with Gasteiger partial charge in [-0.05, 0) is 80.5 Å². The van der Waals surface area contributed by atoms with Gasteiger partial charge in [-0.2, -0.15) is 0 Å². The van der Waals surface area contributed by atoms with Crippen molar-refractivity contribution in [3.8, 4) is 0 Å². The summed E-state index contributed by atoms with van der Waals surface area (Å²) in [6.45, 7) is 11.1. The first-order valence-electron chi connectivity index (χ1n) is 19.9. The Labute approximate surface area is 306 Å². The summed E-state index contributed by atoms with van der Waals surface area (Å²) in [6, 6.07) is 0. The van der Waals surface area contributed by atoms with E-state index >= 15 is 0 Å². The van der Waals surface area contributed by atoms with Gasteiger partial charge in [0.15, 0.2) is 18.4 Å². The van der Waals surface area contributed by atoms with E-state index in [0.717, 1.165) is 45.1 Å². The molecule has 7 N–H and O–H groups in total. The fourth-order valence-corrected chi connectivity index (χ4v) is 12.6. The fourth-order valence-electron chi connectivity index (χ4n) is 12.6. The van der Waals surface area contributed by atoms with E-state index in [9.17, 15) is 35.7 Å². The maximum absolute atomic E-state index is 12.0. The van der Waals surface area contributed by atoms with E-state index in [2.05, 4.69) is 33.8 Å². The molecule has 1 spiro atoms. The van der Waals surface area contributed by atoms with Crippen LogP contribution in [0.4, 0.5) is 0 Å². The molecule has 13 nitrogen and oxygen atoms in total. The van der Waals surface area contributed by atoms with Gasteiger partial charge in [0.25, 0.3) is 0 Å². The van der Waals surface area contributed by atoms with Crippen molar-refractivity contribution in [3.63, 3.8) is 0 Å². The normalized spacial score (nSPS) is 58.9. The summed E-state index contributed by atoms with van der Waals surface area (Å²) in [4.78, 5) is 0. The summed E-state index contributed by atoms with van der Waals surface area (Å²) in [5, 5.41) is 74.8. The molecular formula is C39H62O13. The molecule has 4 saturated heterocycles. The molecular weight excluding hydrogens is 676 g/mol. The van der Waals surface area contributed by atoms with Gasteiger partial charge in [-0.15, -0.1) is 0 Å². The number of aliphatic hydroxyl groups excluding tert-OH is 7. The lowest BCUT2D eigenvalue weighted by molar-refractivity contribution is -0.361. The first-order valence-corrected chi connectivity index (χ1v) is 19.9. The van der Waals surface area contributed by atoms with E-state index in [0.29, 0.717) is 48.3 Å². The third-order valence-electron chi connectivity index (χ3n) is 15.7. The van der Waals surface area contributed by atoms with Crippen LogP contribution in [0.15, 0.2) is 11.6 Å². The number of allylic oxidation sites excluding steroid dienone is 1. The molecule has 0 aromatic carbocycles. The van der Waals surface area contributed by atoms with Crippen molar-refractivity contribution in [2.75, 3.05) is 13.2 Å². The van der Waals surface area contributed by atoms with Crippen molar-refractivity contribution in [2.24, 2.45) is 46.3 Å². The second-order valence-corrected chi connectivity index (χ2v) is 18.3. The summed E-state index contributed by atoms with van der Waals surface area (Å²) in [6.07, 6.45) is -5.38. The van der Waals surface area contributed by atoms with Crippen molar-refractivity contribution in [2.45, 2.75) is 171 Å². The Kier molecular flexibility index (Phi) is 10.0. The molecule has 0 radical (unpaired) electrons. The quantitative estimate of drug-likeness (QED) is 0.200. The van der Waals surface area contributed by atoms with Crippen LogP contribution in [0.3, 0.4) is 0 Å². The molecule has 7 fully saturated rings. The average molecular weight is 739 g/mol. The van der Waals surface area contributed by atoms with Crippen LogP contribution in [0.2, 0.25) is 0 Å². The zero-order chi connectivity index (χ0) is 37.1. The van der Waals surface area contributed by atoms with Gasteiger partial charge in [-0.3, -0.25) is 0 Å². The van der Waals surface area contributed by atoms with Crippen LogP contribution in [0, 0.1) is 46.3 Å². The second-order valence-electron chi connectivity index (χ2n) is 18.3. The Hall–Kier alpha value is -0.780. The largest absolute Gasteiger partial charge is 0.394 e. The first-order chi connectivity index (χ1) is 24.6. The van der Waals surface area contributed by atoms with Gasteiger partial charge >= 0.3 is 0 Å². The maximum Gasteiger partial charge on any atom is 0.187 e. The fraction of sp³-hybridized carbons (Fsp3) is 0.949. The highest BCUT2D eigenvalue weighted by molar-refractivity contribution is 5.28. The van der Waals surface area contributed by atoms with E-state index in [-0.39, 0.29) is 11.5 Å². The van der Waals surface area contributed by atoms with E-state index < -0.39 is 91.4 Å².